The average molecular weight is 386 g/mol. The smallest absolute Gasteiger partial charge is 0.279 e. The van der Waals surface area contributed by atoms with Gasteiger partial charge in [-0.3, -0.25) is 4.79 Å². The molecule has 0 aliphatic carbocycles. The van der Waals surface area contributed by atoms with Crippen LogP contribution in [0.1, 0.15) is 36.5 Å². The van der Waals surface area contributed by atoms with E-state index in [4.69, 9.17) is 0 Å². The van der Waals surface area contributed by atoms with Crippen molar-refractivity contribution in [3.05, 3.63) is 80.3 Å². The summed E-state index contributed by atoms with van der Waals surface area (Å²) in [7, 11) is 0. The molecule has 0 spiro atoms. The van der Waals surface area contributed by atoms with E-state index in [0.29, 0.717) is 16.7 Å². The lowest BCUT2D eigenvalue weighted by Gasteiger charge is -2.29. The molecule has 5 heteroatoms. The molecular formula is C24H26N4O. The molecule has 0 fully saturated rings. The summed E-state index contributed by atoms with van der Waals surface area (Å²) in [5.41, 5.74) is 5.81. The highest BCUT2D eigenvalue weighted by Crippen LogP contribution is 2.37. The van der Waals surface area contributed by atoms with Crippen molar-refractivity contribution in [3.8, 4) is 0 Å². The molecule has 4 rings (SSSR count). The van der Waals surface area contributed by atoms with Crippen LogP contribution in [0.3, 0.4) is 0 Å². The third kappa shape index (κ3) is 3.86. The fraction of sp³-hybridized carbons (Fsp3) is 0.292. The molecule has 3 aromatic rings. The highest BCUT2D eigenvalue weighted by Gasteiger charge is 2.23. The zero-order valence-corrected chi connectivity index (χ0v) is 17.0. The normalized spacial score (nSPS) is 12.3. The standard InChI is InChI=1S/C24H26N4O/c1-4-9-19-15-21-20(14-16(19)2)27-22-23(25-17(3)26-24(22)29)28(21)13-8-12-18-10-6-5-7-11-18/h5-7,10-11,14-15H,3-4,8-9,12-13H2,1-2H3,(H,26,29). The van der Waals surface area contributed by atoms with E-state index >= 15 is 0 Å². The molecule has 0 saturated heterocycles. The summed E-state index contributed by atoms with van der Waals surface area (Å²) in [6.45, 7) is 8.89. The molecule has 0 saturated carbocycles. The Morgan fingerprint density at radius 3 is 2.69 bits per heavy atom. The monoisotopic (exact) mass is 386 g/mol. The van der Waals surface area contributed by atoms with E-state index in [1.165, 1.54) is 16.7 Å². The molecule has 1 aliphatic heterocycles. The molecule has 0 radical (unpaired) electrons. The maximum atomic E-state index is 12.5. The summed E-state index contributed by atoms with van der Waals surface area (Å²) in [5.74, 6) is 0.602. The second kappa shape index (κ2) is 8.03. The Labute approximate surface area is 170 Å². The number of hydrogen-bond acceptors (Lipinski definition) is 4. The zero-order chi connectivity index (χ0) is 20.4. The van der Waals surface area contributed by atoms with Crippen LogP contribution in [-0.2, 0) is 12.8 Å². The Balaban J connectivity index is 1.77. The molecule has 2 aromatic carbocycles. The Morgan fingerprint density at radius 1 is 1.14 bits per heavy atom. The van der Waals surface area contributed by atoms with Gasteiger partial charge in [0.15, 0.2) is 11.2 Å². The summed E-state index contributed by atoms with van der Waals surface area (Å²) in [5, 5.41) is 0.368. The van der Waals surface area contributed by atoms with Crippen LogP contribution in [0, 0.1) is 6.92 Å². The number of nitrogens with zero attached hydrogens (tertiary/aromatic N) is 3. The van der Waals surface area contributed by atoms with Crippen molar-refractivity contribution < 1.29 is 0 Å². The highest BCUT2D eigenvalue weighted by atomic mass is 16.1. The predicted molar refractivity (Wildman–Crippen MR) is 118 cm³/mol. The van der Waals surface area contributed by atoms with Gasteiger partial charge in [0.05, 0.1) is 11.4 Å². The summed E-state index contributed by atoms with van der Waals surface area (Å²) in [6, 6.07) is 14.8. The minimum absolute atomic E-state index is 0.242. The lowest BCUT2D eigenvalue weighted by Crippen LogP contribution is -2.42. The summed E-state index contributed by atoms with van der Waals surface area (Å²) >= 11 is 0. The van der Waals surface area contributed by atoms with Crippen molar-refractivity contribution in [2.45, 2.75) is 39.5 Å². The first-order valence-corrected chi connectivity index (χ1v) is 10.2. The molecular weight excluding hydrogens is 360 g/mol. The molecule has 2 heterocycles. The number of H-pyrrole nitrogens is 1. The van der Waals surface area contributed by atoms with E-state index in [2.05, 4.69) is 76.7 Å². The fourth-order valence-corrected chi connectivity index (χ4v) is 3.91. The first-order chi connectivity index (χ1) is 14.1. The summed E-state index contributed by atoms with van der Waals surface area (Å²) < 4.78 is 0. The van der Waals surface area contributed by atoms with E-state index in [9.17, 15) is 4.79 Å². The Hall–Kier alpha value is -3.21. The van der Waals surface area contributed by atoms with Crippen molar-refractivity contribution >= 4 is 23.8 Å². The molecule has 1 aliphatic rings. The van der Waals surface area contributed by atoms with Crippen molar-refractivity contribution in [2.75, 3.05) is 11.4 Å². The molecule has 0 unspecified atom stereocenters. The quantitative estimate of drug-likeness (QED) is 0.706. The first-order valence-electron chi connectivity index (χ1n) is 10.2. The van der Waals surface area contributed by atoms with Crippen molar-refractivity contribution in [1.82, 2.24) is 9.97 Å². The summed E-state index contributed by atoms with van der Waals surface area (Å²) in [6.07, 6.45) is 4.02. The van der Waals surface area contributed by atoms with Crippen LogP contribution in [0.2, 0.25) is 0 Å². The largest absolute Gasteiger partial charge is 0.322 e. The van der Waals surface area contributed by atoms with Crippen LogP contribution in [0.5, 0.6) is 0 Å². The second-order valence-electron chi connectivity index (χ2n) is 7.55. The van der Waals surface area contributed by atoms with Gasteiger partial charge in [-0.05, 0) is 55.0 Å². The van der Waals surface area contributed by atoms with Gasteiger partial charge in [0, 0.05) is 6.54 Å². The minimum atomic E-state index is -0.242. The zero-order valence-electron chi connectivity index (χ0n) is 17.0. The molecule has 0 bridgehead atoms. The van der Waals surface area contributed by atoms with Gasteiger partial charge >= 0.3 is 0 Å². The van der Waals surface area contributed by atoms with Gasteiger partial charge in [0.2, 0.25) is 0 Å². The Kier molecular flexibility index (Phi) is 5.30. The maximum absolute atomic E-state index is 12.5. The van der Waals surface area contributed by atoms with Gasteiger partial charge in [-0.25, -0.2) is 9.98 Å². The van der Waals surface area contributed by atoms with Crippen LogP contribution in [-0.4, -0.2) is 16.5 Å². The number of aromatic nitrogens is 2. The van der Waals surface area contributed by atoms with E-state index in [1.54, 1.807) is 0 Å². The van der Waals surface area contributed by atoms with E-state index in [1.807, 2.05) is 6.07 Å². The molecule has 0 amide bonds. The SMILES string of the molecule is C=c1nc2c(c(=O)[nH]1)=Nc1cc(C)c(CCC)cc1N2CCCc1ccccc1. The van der Waals surface area contributed by atoms with Gasteiger partial charge in [0.1, 0.15) is 5.48 Å². The van der Waals surface area contributed by atoms with Crippen LogP contribution in [0.15, 0.2) is 52.3 Å². The number of aryl methyl sites for hydroxylation is 3. The first kappa shape index (κ1) is 19.1. The fourth-order valence-electron chi connectivity index (χ4n) is 3.91. The summed E-state index contributed by atoms with van der Waals surface area (Å²) in [4.78, 5) is 26.6. The van der Waals surface area contributed by atoms with Crippen molar-refractivity contribution in [2.24, 2.45) is 4.99 Å². The lowest BCUT2D eigenvalue weighted by molar-refractivity contribution is 0.783. The molecule has 148 valence electrons. The number of rotatable bonds is 6. The number of anilines is 2. The van der Waals surface area contributed by atoms with Gasteiger partial charge < -0.3 is 9.88 Å². The van der Waals surface area contributed by atoms with E-state index in [0.717, 1.165) is 43.6 Å². The van der Waals surface area contributed by atoms with Gasteiger partial charge in [-0.1, -0.05) is 50.3 Å². The predicted octanol–water partition coefficient (Wildman–Crippen LogP) is 3.48. The van der Waals surface area contributed by atoms with Gasteiger partial charge in [0.25, 0.3) is 5.56 Å². The minimum Gasteiger partial charge on any atom is -0.322 e. The Bertz CT molecular complexity index is 1200. The number of benzene rings is 2. The van der Waals surface area contributed by atoms with Crippen LogP contribution in [0.4, 0.5) is 17.2 Å². The number of aromatic amines is 1. The average Bonchev–Trinajstić information content (AvgIpc) is 2.70. The van der Waals surface area contributed by atoms with E-state index < -0.39 is 0 Å². The molecule has 1 aromatic heterocycles. The van der Waals surface area contributed by atoms with Gasteiger partial charge in [-0.2, -0.15) is 0 Å². The van der Waals surface area contributed by atoms with Crippen LogP contribution in [0.25, 0.3) is 6.58 Å². The van der Waals surface area contributed by atoms with Gasteiger partial charge in [-0.15, -0.1) is 0 Å². The molecule has 0 atom stereocenters. The number of hydrogen-bond donors (Lipinski definition) is 1. The third-order valence-corrected chi connectivity index (χ3v) is 5.35. The maximum Gasteiger partial charge on any atom is 0.279 e. The second-order valence-corrected chi connectivity index (χ2v) is 7.55. The van der Waals surface area contributed by atoms with E-state index in [-0.39, 0.29) is 5.56 Å². The topological polar surface area (TPSA) is 61.4 Å². The van der Waals surface area contributed by atoms with Crippen molar-refractivity contribution in [1.29, 1.82) is 0 Å². The van der Waals surface area contributed by atoms with Crippen molar-refractivity contribution in [3.63, 3.8) is 0 Å². The highest BCUT2D eigenvalue weighted by molar-refractivity contribution is 5.77. The number of fused-ring (bicyclic) bond motifs is 2. The Morgan fingerprint density at radius 2 is 1.93 bits per heavy atom. The third-order valence-electron chi connectivity index (χ3n) is 5.35. The number of nitrogens with one attached hydrogen (secondary N) is 1. The lowest BCUT2D eigenvalue weighted by atomic mass is 10.0. The van der Waals surface area contributed by atoms with Crippen LogP contribution >= 0.6 is 0 Å². The molecule has 29 heavy (non-hydrogen) atoms. The molecule has 1 N–H and O–H groups in total. The molecule has 5 nitrogen and oxygen atoms in total. The van der Waals surface area contributed by atoms with Crippen LogP contribution < -0.4 is 21.3 Å².